The van der Waals surface area contributed by atoms with Gasteiger partial charge in [-0.1, -0.05) is 6.07 Å². The lowest BCUT2D eigenvalue weighted by Gasteiger charge is -2.32. The maximum absolute atomic E-state index is 12.7. The van der Waals surface area contributed by atoms with Gasteiger partial charge in [-0.15, -0.1) is 0 Å². The van der Waals surface area contributed by atoms with E-state index >= 15 is 0 Å². The van der Waals surface area contributed by atoms with Crippen LogP contribution in [0.2, 0.25) is 0 Å². The first-order chi connectivity index (χ1) is 12.2. The van der Waals surface area contributed by atoms with Crippen LogP contribution in [0.3, 0.4) is 0 Å². The molecule has 142 valence electrons. The molecule has 3 rings (SSSR count). The maximum Gasteiger partial charge on any atom is 0.498 e. The number of aromatic hydroxyl groups is 1. The lowest BCUT2D eigenvalue weighted by molar-refractivity contribution is 0.00578. The highest BCUT2D eigenvalue weighted by molar-refractivity contribution is 6.63. The first kappa shape index (κ1) is 19.0. The molecule has 8 heteroatoms. The van der Waals surface area contributed by atoms with Crippen molar-refractivity contribution >= 4 is 18.5 Å². The molecule has 2 aliphatic rings. The van der Waals surface area contributed by atoms with Gasteiger partial charge < -0.3 is 28.8 Å². The number of nitrogens with zero attached hydrogens (tertiary/aromatic N) is 1. The number of hydrogen-bond acceptors (Lipinski definition) is 6. The van der Waals surface area contributed by atoms with Crippen molar-refractivity contribution in [3.05, 3.63) is 17.7 Å². The molecule has 0 aromatic heterocycles. The molecular formula is C18H26BNO6. The summed E-state index contributed by atoms with van der Waals surface area (Å²) >= 11 is 0. The third-order valence-corrected chi connectivity index (χ3v) is 5.40. The lowest BCUT2D eigenvalue weighted by atomic mass is 9.77. The van der Waals surface area contributed by atoms with E-state index in [0.29, 0.717) is 31.8 Å². The van der Waals surface area contributed by atoms with Gasteiger partial charge in [0.25, 0.3) is 5.91 Å². The Bertz CT molecular complexity index is 683. The summed E-state index contributed by atoms with van der Waals surface area (Å²) in [5.41, 5.74) is -0.271. The number of morpholine rings is 1. The van der Waals surface area contributed by atoms with E-state index < -0.39 is 18.3 Å². The van der Waals surface area contributed by atoms with Crippen LogP contribution in [0.25, 0.3) is 0 Å². The molecule has 0 aliphatic carbocycles. The van der Waals surface area contributed by atoms with E-state index in [9.17, 15) is 9.90 Å². The van der Waals surface area contributed by atoms with E-state index in [2.05, 4.69) is 0 Å². The van der Waals surface area contributed by atoms with Gasteiger partial charge in [-0.25, -0.2) is 0 Å². The number of benzene rings is 1. The summed E-state index contributed by atoms with van der Waals surface area (Å²) in [5, 5.41) is 10.7. The van der Waals surface area contributed by atoms with Crippen LogP contribution in [-0.2, 0) is 14.0 Å². The van der Waals surface area contributed by atoms with E-state index in [1.165, 1.54) is 7.11 Å². The van der Waals surface area contributed by atoms with Gasteiger partial charge in [0.1, 0.15) is 0 Å². The van der Waals surface area contributed by atoms with Gasteiger partial charge in [-0.2, -0.15) is 0 Å². The fourth-order valence-corrected chi connectivity index (χ4v) is 3.07. The molecule has 7 nitrogen and oxygen atoms in total. The zero-order valence-electron chi connectivity index (χ0n) is 16.0. The fraction of sp³-hybridized carbons (Fsp3) is 0.611. The number of phenols is 1. The first-order valence-electron chi connectivity index (χ1n) is 8.80. The molecule has 1 amide bonds. The molecular weight excluding hydrogens is 337 g/mol. The topological polar surface area (TPSA) is 77.5 Å². The number of hydrogen-bond donors (Lipinski definition) is 1. The molecule has 2 fully saturated rings. The fourth-order valence-electron chi connectivity index (χ4n) is 3.07. The highest BCUT2D eigenvalue weighted by Gasteiger charge is 2.52. The Morgan fingerprint density at radius 2 is 1.73 bits per heavy atom. The maximum atomic E-state index is 12.7. The number of phenolic OH excluding ortho intramolecular Hbond substituents is 1. The minimum absolute atomic E-state index is 0.197. The summed E-state index contributed by atoms with van der Waals surface area (Å²) in [6.07, 6.45) is 0. The highest BCUT2D eigenvalue weighted by atomic mass is 16.7. The van der Waals surface area contributed by atoms with Crippen LogP contribution in [0.5, 0.6) is 11.5 Å². The minimum atomic E-state index is -0.687. The number of ether oxygens (including phenoxy) is 2. The summed E-state index contributed by atoms with van der Waals surface area (Å²) in [6.45, 7) is 9.81. The van der Waals surface area contributed by atoms with Gasteiger partial charge in [0.15, 0.2) is 11.5 Å². The third-order valence-electron chi connectivity index (χ3n) is 5.40. The summed E-state index contributed by atoms with van der Waals surface area (Å²) < 4.78 is 22.7. The summed E-state index contributed by atoms with van der Waals surface area (Å²) in [6, 6.07) is 3.31. The van der Waals surface area contributed by atoms with Crippen LogP contribution in [0, 0.1) is 0 Å². The summed E-state index contributed by atoms with van der Waals surface area (Å²) in [7, 11) is 0.764. The molecule has 1 N–H and O–H groups in total. The molecule has 2 heterocycles. The van der Waals surface area contributed by atoms with Crippen molar-refractivity contribution in [3.63, 3.8) is 0 Å². The molecule has 0 atom stereocenters. The van der Waals surface area contributed by atoms with Crippen molar-refractivity contribution in [2.75, 3.05) is 33.4 Å². The van der Waals surface area contributed by atoms with Gasteiger partial charge in [-0.3, -0.25) is 4.79 Å². The van der Waals surface area contributed by atoms with Crippen LogP contribution in [0.4, 0.5) is 0 Å². The summed E-state index contributed by atoms with van der Waals surface area (Å²) in [5.74, 6) is -0.247. The van der Waals surface area contributed by atoms with Gasteiger partial charge in [0, 0.05) is 18.6 Å². The van der Waals surface area contributed by atoms with E-state index in [0.717, 1.165) is 0 Å². The Balaban J connectivity index is 1.92. The van der Waals surface area contributed by atoms with Crippen LogP contribution < -0.4 is 10.2 Å². The number of amides is 1. The van der Waals surface area contributed by atoms with Crippen molar-refractivity contribution in [1.29, 1.82) is 0 Å². The molecule has 26 heavy (non-hydrogen) atoms. The highest BCUT2D eigenvalue weighted by Crippen LogP contribution is 2.38. The van der Waals surface area contributed by atoms with Crippen LogP contribution in [0.1, 0.15) is 38.1 Å². The second-order valence-corrected chi connectivity index (χ2v) is 7.58. The van der Waals surface area contributed by atoms with Crippen molar-refractivity contribution in [2.45, 2.75) is 38.9 Å². The van der Waals surface area contributed by atoms with Gasteiger partial charge in [0.2, 0.25) is 0 Å². The number of carbonyl (C=O) groups excluding carboxylic acids is 1. The van der Waals surface area contributed by atoms with E-state index in [4.69, 9.17) is 18.8 Å². The second kappa shape index (κ2) is 6.76. The zero-order valence-corrected chi connectivity index (χ0v) is 16.0. The predicted octanol–water partition coefficient (Wildman–Crippen LogP) is 1.17. The van der Waals surface area contributed by atoms with Crippen LogP contribution in [-0.4, -0.2) is 67.6 Å². The number of carbonyl (C=O) groups is 1. The van der Waals surface area contributed by atoms with Crippen molar-refractivity contribution in [2.24, 2.45) is 0 Å². The van der Waals surface area contributed by atoms with E-state index in [1.807, 2.05) is 27.7 Å². The predicted molar refractivity (Wildman–Crippen MR) is 97.1 cm³/mol. The standard InChI is InChI=1S/C18H26BNO6/c1-17(2)18(3,4)26-19(25-17)13-7-6-12(14(21)15(13)23-5)16(22)20-8-10-24-11-9-20/h6-7,21H,8-11H2,1-5H3. The van der Waals surface area contributed by atoms with Gasteiger partial charge in [0.05, 0.1) is 37.1 Å². The van der Waals surface area contributed by atoms with Gasteiger partial charge >= 0.3 is 7.12 Å². The van der Waals surface area contributed by atoms with E-state index in [1.54, 1.807) is 17.0 Å². The van der Waals surface area contributed by atoms with Crippen molar-refractivity contribution in [3.8, 4) is 11.5 Å². The third kappa shape index (κ3) is 3.17. The molecule has 0 radical (unpaired) electrons. The normalized spacial score (nSPS) is 21.7. The Kier molecular flexibility index (Phi) is 4.94. The molecule has 0 bridgehead atoms. The average molecular weight is 363 g/mol. The Labute approximate surface area is 154 Å². The van der Waals surface area contributed by atoms with E-state index in [-0.39, 0.29) is 23.0 Å². The van der Waals surface area contributed by atoms with Crippen LogP contribution in [0.15, 0.2) is 12.1 Å². The monoisotopic (exact) mass is 363 g/mol. The molecule has 0 spiro atoms. The minimum Gasteiger partial charge on any atom is -0.504 e. The zero-order chi connectivity index (χ0) is 19.1. The number of rotatable bonds is 3. The molecule has 0 saturated carbocycles. The quantitative estimate of drug-likeness (QED) is 0.813. The number of methoxy groups -OCH3 is 1. The SMILES string of the molecule is COc1c(B2OC(C)(C)C(C)(C)O2)ccc(C(=O)N2CCOCC2)c1O. The molecule has 2 saturated heterocycles. The largest absolute Gasteiger partial charge is 0.504 e. The smallest absolute Gasteiger partial charge is 0.498 e. The van der Waals surface area contributed by atoms with Gasteiger partial charge in [-0.05, 0) is 33.8 Å². The second-order valence-electron chi connectivity index (χ2n) is 7.58. The molecule has 1 aromatic rings. The van der Waals surface area contributed by atoms with Crippen molar-refractivity contribution < 1.29 is 28.7 Å². The molecule has 1 aromatic carbocycles. The molecule has 0 unspecified atom stereocenters. The Morgan fingerprint density at radius 1 is 1.15 bits per heavy atom. The lowest BCUT2D eigenvalue weighted by Crippen LogP contribution is -2.41. The Hall–Kier alpha value is -1.77. The molecule has 2 aliphatic heterocycles. The van der Waals surface area contributed by atoms with Crippen LogP contribution >= 0.6 is 0 Å². The summed E-state index contributed by atoms with van der Waals surface area (Å²) in [4.78, 5) is 14.4. The first-order valence-corrected chi connectivity index (χ1v) is 8.80. The Morgan fingerprint density at radius 3 is 2.27 bits per heavy atom. The van der Waals surface area contributed by atoms with Crippen molar-refractivity contribution in [1.82, 2.24) is 4.90 Å². The average Bonchev–Trinajstić information content (AvgIpc) is 2.82.